The van der Waals surface area contributed by atoms with Crippen LogP contribution in [0.15, 0.2) is 29.3 Å². The Labute approximate surface area is 103 Å². The van der Waals surface area contributed by atoms with Crippen LogP contribution in [0.4, 0.5) is 0 Å². The molecule has 0 saturated heterocycles. The van der Waals surface area contributed by atoms with E-state index in [-0.39, 0.29) is 0 Å². The first-order valence-corrected chi connectivity index (χ1v) is 5.99. The predicted molar refractivity (Wildman–Crippen MR) is 71.0 cm³/mol. The molecule has 1 aromatic carbocycles. The summed E-state index contributed by atoms with van der Waals surface area (Å²) in [6.07, 6.45) is 0. The molecular formula is C13H20N4. The third kappa shape index (κ3) is 3.46. The van der Waals surface area contributed by atoms with E-state index in [1.54, 1.807) is 0 Å². The fraction of sp³-hybridized carbons (Fsp3) is 0.462. The zero-order chi connectivity index (χ0) is 12.1. The zero-order valence-corrected chi connectivity index (χ0v) is 10.5. The molecule has 0 amide bonds. The van der Waals surface area contributed by atoms with Crippen LogP contribution in [0.2, 0.25) is 0 Å². The molecule has 0 aromatic heterocycles. The maximum Gasteiger partial charge on any atom is 0.191 e. The number of likely N-dealkylation sites (N-methyl/N-ethyl adjacent to an activating group) is 1. The minimum absolute atomic E-state index is 0.757. The molecule has 2 rings (SSSR count). The van der Waals surface area contributed by atoms with E-state index in [1.807, 2.05) is 0 Å². The first-order valence-electron chi connectivity index (χ1n) is 5.99. The van der Waals surface area contributed by atoms with Crippen molar-refractivity contribution in [3.63, 3.8) is 0 Å². The van der Waals surface area contributed by atoms with Gasteiger partial charge in [-0.15, -0.1) is 0 Å². The summed E-state index contributed by atoms with van der Waals surface area (Å²) in [5.41, 5.74) is 2.64. The lowest BCUT2D eigenvalue weighted by molar-refractivity contribution is 0.412. The highest BCUT2D eigenvalue weighted by molar-refractivity contribution is 5.80. The molecule has 0 atom stereocenters. The van der Waals surface area contributed by atoms with Crippen molar-refractivity contribution in [3.05, 3.63) is 35.4 Å². The quantitative estimate of drug-likeness (QED) is 0.809. The summed E-state index contributed by atoms with van der Waals surface area (Å²) in [4.78, 5) is 6.69. The van der Waals surface area contributed by atoms with Crippen molar-refractivity contribution in [2.24, 2.45) is 4.99 Å². The van der Waals surface area contributed by atoms with Crippen molar-refractivity contribution in [2.45, 2.75) is 13.1 Å². The number of hydrogen-bond donors (Lipinski definition) is 2. The number of nitrogens with one attached hydrogen (secondary N) is 2. The highest BCUT2D eigenvalue weighted by Crippen LogP contribution is 2.11. The normalized spacial score (nSPS) is 14.6. The predicted octanol–water partition coefficient (Wildman–Crippen LogP) is 0.797. The molecule has 2 N–H and O–H groups in total. The summed E-state index contributed by atoms with van der Waals surface area (Å²) in [5.74, 6) is 0.906. The van der Waals surface area contributed by atoms with Crippen LogP contribution in [0.25, 0.3) is 0 Å². The number of rotatable bonds is 3. The van der Waals surface area contributed by atoms with E-state index in [0.29, 0.717) is 0 Å². The van der Waals surface area contributed by atoms with Crippen molar-refractivity contribution in [2.75, 3.05) is 27.2 Å². The van der Waals surface area contributed by atoms with Gasteiger partial charge in [-0.05, 0) is 25.2 Å². The molecule has 0 unspecified atom stereocenters. The highest BCUT2D eigenvalue weighted by atomic mass is 15.2. The van der Waals surface area contributed by atoms with Gasteiger partial charge >= 0.3 is 0 Å². The zero-order valence-electron chi connectivity index (χ0n) is 10.5. The van der Waals surface area contributed by atoms with Gasteiger partial charge in [0.05, 0.1) is 6.54 Å². The second-order valence-electron chi connectivity index (χ2n) is 4.52. The van der Waals surface area contributed by atoms with E-state index < -0.39 is 0 Å². The van der Waals surface area contributed by atoms with E-state index >= 15 is 0 Å². The summed E-state index contributed by atoms with van der Waals surface area (Å²) in [6, 6.07) is 8.44. The van der Waals surface area contributed by atoms with Crippen LogP contribution in [0, 0.1) is 0 Å². The molecule has 17 heavy (non-hydrogen) atoms. The van der Waals surface area contributed by atoms with Crippen LogP contribution < -0.4 is 10.6 Å². The molecule has 92 valence electrons. The Bertz CT molecular complexity index is 398. The molecule has 0 radical (unpaired) electrons. The summed E-state index contributed by atoms with van der Waals surface area (Å²) in [5, 5.41) is 6.66. The Hall–Kier alpha value is -1.55. The van der Waals surface area contributed by atoms with Crippen LogP contribution in [-0.2, 0) is 13.1 Å². The summed E-state index contributed by atoms with van der Waals surface area (Å²) >= 11 is 0. The van der Waals surface area contributed by atoms with Gasteiger partial charge in [0.1, 0.15) is 0 Å². The topological polar surface area (TPSA) is 39.7 Å². The number of nitrogens with zero attached hydrogens (tertiary/aromatic N) is 2. The molecular weight excluding hydrogens is 212 g/mol. The van der Waals surface area contributed by atoms with Crippen LogP contribution in [0.1, 0.15) is 11.1 Å². The van der Waals surface area contributed by atoms with E-state index in [9.17, 15) is 0 Å². The molecule has 0 aliphatic carbocycles. The van der Waals surface area contributed by atoms with E-state index in [2.05, 4.69) is 58.9 Å². The van der Waals surface area contributed by atoms with Crippen molar-refractivity contribution in [3.8, 4) is 0 Å². The summed E-state index contributed by atoms with van der Waals surface area (Å²) in [6.45, 7) is 3.53. The van der Waals surface area contributed by atoms with Crippen molar-refractivity contribution in [1.82, 2.24) is 15.5 Å². The molecule has 1 heterocycles. The van der Waals surface area contributed by atoms with Gasteiger partial charge in [-0.3, -0.25) is 0 Å². The molecule has 0 fully saturated rings. The van der Waals surface area contributed by atoms with Crippen LogP contribution in [0.5, 0.6) is 0 Å². The fourth-order valence-electron chi connectivity index (χ4n) is 1.80. The molecule has 4 nitrogen and oxygen atoms in total. The molecule has 4 heteroatoms. The Morgan fingerprint density at radius 2 is 2.06 bits per heavy atom. The van der Waals surface area contributed by atoms with Gasteiger partial charge in [-0.2, -0.15) is 0 Å². The number of aliphatic imine (C=N–C) groups is 1. The van der Waals surface area contributed by atoms with Gasteiger partial charge in [0.2, 0.25) is 0 Å². The lowest BCUT2D eigenvalue weighted by atomic mass is 10.1. The van der Waals surface area contributed by atoms with Crippen molar-refractivity contribution < 1.29 is 0 Å². The summed E-state index contributed by atoms with van der Waals surface area (Å²) in [7, 11) is 4.14. The van der Waals surface area contributed by atoms with Gasteiger partial charge in [0.25, 0.3) is 0 Å². The van der Waals surface area contributed by atoms with Crippen LogP contribution in [0.3, 0.4) is 0 Å². The number of fused-ring (bicyclic) bond motifs is 1. The second kappa shape index (κ2) is 5.68. The maximum absolute atomic E-state index is 4.54. The van der Waals surface area contributed by atoms with Gasteiger partial charge < -0.3 is 15.5 Å². The Morgan fingerprint density at radius 3 is 2.82 bits per heavy atom. The third-order valence-electron chi connectivity index (χ3n) is 2.82. The smallest absolute Gasteiger partial charge is 0.191 e. The van der Waals surface area contributed by atoms with Gasteiger partial charge in [0.15, 0.2) is 5.96 Å². The number of benzene rings is 1. The third-order valence-corrected chi connectivity index (χ3v) is 2.82. The monoisotopic (exact) mass is 232 g/mol. The lowest BCUT2D eigenvalue weighted by Crippen LogP contribution is -2.39. The molecule has 1 aromatic rings. The van der Waals surface area contributed by atoms with Gasteiger partial charge in [-0.25, -0.2) is 4.99 Å². The maximum atomic E-state index is 4.54. The standard InChI is InChI=1S/C13H20N4/c1-17(2)8-7-14-13-15-9-11-5-3-4-6-12(11)10-16-13/h3-6H,7-10H2,1-2H3,(H2,14,15,16). The SMILES string of the molecule is CN(C)CCNC1=NCc2ccccc2CN1. The van der Waals surface area contributed by atoms with E-state index in [1.165, 1.54) is 11.1 Å². The minimum Gasteiger partial charge on any atom is -0.355 e. The minimum atomic E-state index is 0.757. The number of hydrogen-bond acceptors (Lipinski definition) is 4. The fourth-order valence-corrected chi connectivity index (χ4v) is 1.80. The van der Waals surface area contributed by atoms with Gasteiger partial charge in [0, 0.05) is 19.6 Å². The van der Waals surface area contributed by atoms with Crippen LogP contribution in [-0.4, -0.2) is 38.0 Å². The largest absolute Gasteiger partial charge is 0.355 e. The molecule has 0 saturated carbocycles. The Kier molecular flexibility index (Phi) is 3.98. The average Bonchev–Trinajstić information content (AvgIpc) is 2.52. The number of guanidine groups is 1. The van der Waals surface area contributed by atoms with Crippen molar-refractivity contribution in [1.29, 1.82) is 0 Å². The molecule has 0 spiro atoms. The van der Waals surface area contributed by atoms with Crippen molar-refractivity contribution >= 4 is 5.96 Å². The molecule has 0 bridgehead atoms. The average molecular weight is 232 g/mol. The Morgan fingerprint density at radius 1 is 1.29 bits per heavy atom. The summed E-state index contributed by atoms with van der Waals surface area (Å²) < 4.78 is 0. The molecule has 1 aliphatic heterocycles. The van der Waals surface area contributed by atoms with Gasteiger partial charge in [-0.1, -0.05) is 24.3 Å². The first-order chi connectivity index (χ1) is 8.25. The van der Waals surface area contributed by atoms with E-state index in [0.717, 1.165) is 32.1 Å². The van der Waals surface area contributed by atoms with E-state index in [4.69, 9.17) is 0 Å². The second-order valence-corrected chi connectivity index (χ2v) is 4.52. The first kappa shape index (κ1) is 11.9. The molecule has 1 aliphatic rings. The highest BCUT2D eigenvalue weighted by Gasteiger charge is 2.07. The Balaban J connectivity index is 1.90. The van der Waals surface area contributed by atoms with Crippen LogP contribution >= 0.6 is 0 Å². The lowest BCUT2D eigenvalue weighted by Gasteiger charge is -2.13.